The van der Waals surface area contributed by atoms with Crippen molar-refractivity contribution in [2.24, 2.45) is 0 Å². The van der Waals surface area contributed by atoms with Gasteiger partial charge in [-0.05, 0) is 57.4 Å². The van der Waals surface area contributed by atoms with Gasteiger partial charge in [0.25, 0.3) is 0 Å². The lowest BCUT2D eigenvalue weighted by molar-refractivity contribution is 0.282. The molecule has 0 aliphatic rings. The van der Waals surface area contributed by atoms with Crippen molar-refractivity contribution in [3.05, 3.63) is 63.9 Å². The van der Waals surface area contributed by atoms with Crippen LogP contribution in [0.15, 0.2) is 46.9 Å². The van der Waals surface area contributed by atoms with Crippen molar-refractivity contribution < 1.29 is 13.9 Å². The van der Waals surface area contributed by atoms with Gasteiger partial charge in [-0.1, -0.05) is 12.1 Å². The summed E-state index contributed by atoms with van der Waals surface area (Å²) in [5.74, 6) is 0.825. The molecule has 3 nitrogen and oxygen atoms in total. The largest absolute Gasteiger partial charge is 0.493 e. The SMILES string of the molecule is COc1cc(C=CC#N)cc(Br)c1OCc1ccc(F)cc1. The van der Waals surface area contributed by atoms with E-state index in [2.05, 4.69) is 15.9 Å². The van der Waals surface area contributed by atoms with Crippen LogP contribution >= 0.6 is 15.9 Å². The number of nitriles is 1. The zero-order chi connectivity index (χ0) is 15.9. The fraction of sp³-hybridized carbons (Fsp3) is 0.118. The molecule has 0 spiro atoms. The number of methoxy groups -OCH3 is 1. The fourth-order valence-electron chi connectivity index (χ4n) is 1.85. The van der Waals surface area contributed by atoms with Gasteiger partial charge in [0.15, 0.2) is 11.5 Å². The monoisotopic (exact) mass is 361 g/mol. The van der Waals surface area contributed by atoms with Crippen LogP contribution in [-0.4, -0.2) is 7.11 Å². The highest BCUT2D eigenvalue weighted by molar-refractivity contribution is 9.10. The Hall–Kier alpha value is -2.32. The molecule has 0 aliphatic carbocycles. The third kappa shape index (κ3) is 4.09. The molecule has 5 heteroatoms. The number of nitrogens with zero attached hydrogens (tertiary/aromatic N) is 1. The minimum absolute atomic E-state index is 0.281. The normalized spacial score (nSPS) is 10.5. The van der Waals surface area contributed by atoms with Crippen molar-refractivity contribution in [3.63, 3.8) is 0 Å². The van der Waals surface area contributed by atoms with E-state index in [0.29, 0.717) is 22.6 Å². The van der Waals surface area contributed by atoms with E-state index < -0.39 is 0 Å². The van der Waals surface area contributed by atoms with Crippen molar-refractivity contribution in [1.29, 1.82) is 5.26 Å². The molecular formula is C17H13BrFNO2. The molecule has 0 aliphatic heterocycles. The van der Waals surface area contributed by atoms with E-state index in [9.17, 15) is 4.39 Å². The lowest BCUT2D eigenvalue weighted by Gasteiger charge is -2.13. The predicted octanol–water partition coefficient (Wildman–Crippen LogP) is 4.71. The van der Waals surface area contributed by atoms with Crippen molar-refractivity contribution in [2.75, 3.05) is 7.11 Å². The van der Waals surface area contributed by atoms with Crippen LogP contribution < -0.4 is 9.47 Å². The summed E-state index contributed by atoms with van der Waals surface area (Å²) in [5.41, 5.74) is 1.67. The summed E-state index contributed by atoms with van der Waals surface area (Å²) in [5, 5.41) is 8.58. The molecule has 0 saturated heterocycles. The molecule has 0 fully saturated rings. The summed E-state index contributed by atoms with van der Waals surface area (Å²) < 4.78 is 24.7. The van der Waals surface area contributed by atoms with Gasteiger partial charge >= 0.3 is 0 Å². The van der Waals surface area contributed by atoms with Crippen LogP contribution in [0.3, 0.4) is 0 Å². The van der Waals surface area contributed by atoms with Crippen LogP contribution in [0.1, 0.15) is 11.1 Å². The maximum atomic E-state index is 12.9. The number of hydrogen-bond acceptors (Lipinski definition) is 3. The van der Waals surface area contributed by atoms with Gasteiger partial charge in [-0.2, -0.15) is 5.26 Å². The van der Waals surface area contributed by atoms with Gasteiger partial charge in [-0.15, -0.1) is 0 Å². The van der Waals surface area contributed by atoms with Crippen LogP contribution in [0.4, 0.5) is 4.39 Å². The lowest BCUT2D eigenvalue weighted by Crippen LogP contribution is -1.99. The van der Waals surface area contributed by atoms with Gasteiger partial charge in [0.05, 0.1) is 17.7 Å². The molecule has 0 saturated carbocycles. The van der Waals surface area contributed by atoms with E-state index >= 15 is 0 Å². The maximum absolute atomic E-state index is 12.9. The Morgan fingerprint density at radius 3 is 2.64 bits per heavy atom. The van der Waals surface area contributed by atoms with Gasteiger partial charge in [0.2, 0.25) is 0 Å². The summed E-state index contributed by atoms with van der Waals surface area (Å²) in [7, 11) is 1.55. The highest BCUT2D eigenvalue weighted by Gasteiger charge is 2.11. The van der Waals surface area contributed by atoms with E-state index in [4.69, 9.17) is 14.7 Å². The summed E-state index contributed by atoms with van der Waals surface area (Å²) in [6.07, 6.45) is 3.07. The number of ether oxygens (including phenoxy) is 2. The first kappa shape index (κ1) is 16.1. The molecule has 0 atom stereocenters. The molecule has 2 rings (SSSR count). The molecule has 0 heterocycles. The summed E-state index contributed by atoms with van der Waals surface area (Å²) >= 11 is 3.43. The van der Waals surface area contributed by atoms with Gasteiger partial charge in [-0.3, -0.25) is 0 Å². The van der Waals surface area contributed by atoms with Gasteiger partial charge in [0.1, 0.15) is 12.4 Å². The highest BCUT2D eigenvalue weighted by atomic mass is 79.9. The molecule has 0 unspecified atom stereocenters. The van der Waals surface area contributed by atoms with Crippen molar-refractivity contribution in [3.8, 4) is 17.6 Å². The Labute approximate surface area is 136 Å². The summed E-state index contributed by atoms with van der Waals surface area (Å²) in [6, 6.07) is 11.7. The summed E-state index contributed by atoms with van der Waals surface area (Å²) in [4.78, 5) is 0. The fourth-order valence-corrected chi connectivity index (χ4v) is 2.42. The second-order valence-corrected chi connectivity index (χ2v) is 5.27. The molecule has 0 bridgehead atoms. The number of benzene rings is 2. The third-order valence-corrected chi connectivity index (χ3v) is 3.49. The van der Waals surface area contributed by atoms with Crippen molar-refractivity contribution in [2.45, 2.75) is 6.61 Å². The number of rotatable bonds is 5. The van der Waals surface area contributed by atoms with Crippen LogP contribution in [0.2, 0.25) is 0 Å². The molecule has 22 heavy (non-hydrogen) atoms. The van der Waals surface area contributed by atoms with Crippen LogP contribution in [-0.2, 0) is 6.61 Å². The molecule has 2 aromatic rings. The van der Waals surface area contributed by atoms with Crippen LogP contribution in [0, 0.1) is 17.1 Å². The van der Waals surface area contributed by atoms with Gasteiger partial charge in [-0.25, -0.2) is 4.39 Å². The zero-order valence-corrected chi connectivity index (χ0v) is 13.4. The Bertz CT molecular complexity index is 721. The predicted molar refractivity (Wildman–Crippen MR) is 86.1 cm³/mol. The van der Waals surface area contributed by atoms with E-state index in [1.165, 1.54) is 18.2 Å². The Kier molecular flexibility index (Phi) is 5.56. The lowest BCUT2D eigenvalue weighted by atomic mass is 10.2. The molecular weight excluding hydrogens is 349 g/mol. The van der Waals surface area contributed by atoms with E-state index in [1.54, 1.807) is 31.4 Å². The van der Waals surface area contributed by atoms with E-state index in [1.807, 2.05) is 12.1 Å². The standard InChI is InChI=1S/C17H13BrFNO2/c1-21-16-10-13(3-2-8-20)9-15(18)17(16)22-11-12-4-6-14(19)7-5-12/h2-7,9-10H,11H2,1H3. The van der Waals surface area contributed by atoms with E-state index in [-0.39, 0.29) is 5.82 Å². The minimum atomic E-state index is -0.281. The molecule has 112 valence electrons. The number of allylic oxidation sites excluding steroid dienone is 1. The Balaban J connectivity index is 2.21. The van der Waals surface area contributed by atoms with Crippen molar-refractivity contribution >= 4 is 22.0 Å². The van der Waals surface area contributed by atoms with Crippen LogP contribution in [0.25, 0.3) is 6.08 Å². The molecule has 0 aromatic heterocycles. The summed E-state index contributed by atoms with van der Waals surface area (Å²) in [6.45, 7) is 0.294. The maximum Gasteiger partial charge on any atom is 0.175 e. The number of halogens is 2. The van der Waals surface area contributed by atoms with Crippen LogP contribution in [0.5, 0.6) is 11.5 Å². The van der Waals surface area contributed by atoms with E-state index in [0.717, 1.165) is 11.1 Å². The average Bonchev–Trinajstić information content (AvgIpc) is 2.53. The molecule has 0 N–H and O–H groups in total. The molecule has 0 radical (unpaired) electrons. The second kappa shape index (κ2) is 7.62. The first-order valence-electron chi connectivity index (χ1n) is 6.45. The first-order chi connectivity index (χ1) is 10.6. The minimum Gasteiger partial charge on any atom is -0.493 e. The Morgan fingerprint density at radius 2 is 2.00 bits per heavy atom. The first-order valence-corrected chi connectivity index (χ1v) is 7.24. The van der Waals surface area contributed by atoms with Gasteiger partial charge in [0, 0.05) is 6.08 Å². The molecule has 2 aromatic carbocycles. The number of hydrogen-bond donors (Lipinski definition) is 0. The smallest absolute Gasteiger partial charge is 0.175 e. The zero-order valence-electron chi connectivity index (χ0n) is 11.8. The van der Waals surface area contributed by atoms with Gasteiger partial charge < -0.3 is 9.47 Å². The third-order valence-electron chi connectivity index (χ3n) is 2.90. The second-order valence-electron chi connectivity index (χ2n) is 4.41. The topological polar surface area (TPSA) is 42.2 Å². The quantitative estimate of drug-likeness (QED) is 0.724. The van der Waals surface area contributed by atoms with Crippen molar-refractivity contribution in [1.82, 2.24) is 0 Å². The Morgan fingerprint density at radius 1 is 1.27 bits per heavy atom. The molecule has 0 amide bonds. The highest BCUT2D eigenvalue weighted by Crippen LogP contribution is 2.37. The average molecular weight is 362 g/mol.